The fraction of sp³-hybridized carbons (Fsp3) is 0.353. The van der Waals surface area contributed by atoms with Gasteiger partial charge in [-0.25, -0.2) is 4.98 Å². The average Bonchev–Trinajstić information content (AvgIpc) is 3.32. The highest BCUT2D eigenvalue weighted by molar-refractivity contribution is 6.30. The van der Waals surface area contributed by atoms with Crippen molar-refractivity contribution in [2.24, 2.45) is 0 Å². The number of nitrogens with zero attached hydrogens (tertiary/aromatic N) is 5. The number of hydrogen-bond donors (Lipinski definition) is 1. The van der Waals surface area contributed by atoms with Gasteiger partial charge in [-0.1, -0.05) is 22.9 Å². The van der Waals surface area contributed by atoms with Crippen LogP contribution in [-0.2, 0) is 16.1 Å². The minimum absolute atomic E-state index is 0.0453. The quantitative estimate of drug-likeness (QED) is 0.697. The molecular formula is C17H17ClN6O3. The number of rotatable bonds is 5. The molecule has 3 aromatic rings. The standard InChI is InChI=1S/C17H17ClN6O3/c18-11-3-1-4-12(7-11)24-16-15(21-22-24)17(26)23(10-20-16)9-14(25)19-8-13-5-2-6-27-13/h1,3-4,7,10,13H,2,5-6,8-9H2,(H,19,25)/t13-/m1/s1. The largest absolute Gasteiger partial charge is 0.376 e. The fourth-order valence-electron chi connectivity index (χ4n) is 2.98. The van der Waals surface area contributed by atoms with E-state index in [0.29, 0.717) is 22.9 Å². The zero-order valence-electron chi connectivity index (χ0n) is 14.3. The van der Waals surface area contributed by atoms with Crippen LogP contribution in [0.15, 0.2) is 35.4 Å². The van der Waals surface area contributed by atoms with E-state index in [0.717, 1.165) is 19.4 Å². The molecule has 1 N–H and O–H groups in total. The molecule has 0 saturated carbocycles. The maximum absolute atomic E-state index is 12.6. The van der Waals surface area contributed by atoms with Gasteiger partial charge in [0.25, 0.3) is 5.56 Å². The molecular weight excluding hydrogens is 372 g/mol. The van der Waals surface area contributed by atoms with E-state index in [2.05, 4.69) is 20.6 Å². The zero-order valence-corrected chi connectivity index (χ0v) is 15.1. The number of carbonyl (C=O) groups excluding carboxylic acids is 1. The van der Waals surface area contributed by atoms with Crippen LogP contribution in [0.1, 0.15) is 12.8 Å². The molecule has 1 atom stereocenters. The lowest BCUT2D eigenvalue weighted by molar-refractivity contribution is -0.122. The molecule has 1 saturated heterocycles. The summed E-state index contributed by atoms with van der Waals surface area (Å²) in [6, 6.07) is 6.98. The summed E-state index contributed by atoms with van der Waals surface area (Å²) in [6.45, 7) is 1.02. The topological polar surface area (TPSA) is 104 Å². The molecule has 0 spiro atoms. The van der Waals surface area contributed by atoms with E-state index in [1.807, 2.05) is 0 Å². The summed E-state index contributed by atoms with van der Waals surface area (Å²) in [5, 5.41) is 11.2. The van der Waals surface area contributed by atoms with Crippen LogP contribution in [0.4, 0.5) is 0 Å². The van der Waals surface area contributed by atoms with Crippen molar-refractivity contribution >= 4 is 28.7 Å². The Morgan fingerprint density at radius 2 is 2.30 bits per heavy atom. The van der Waals surface area contributed by atoms with Crippen LogP contribution < -0.4 is 10.9 Å². The lowest BCUT2D eigenvalue weighted by atomic mass is 10.2. The van der Waals surface area contributed by atoms with Crippen LogP contribution in [0.25, 0.3) is 16.9 Å². The minimum Gasteiger partial charge on any atom is -0.376 e. The van der Waals surface area contributed by atoms with E-state index in [1.54, 1.807) is 24.3 Å². The average molecular weight is 389 g/mol. The third-order valence-corrected chi connectivity index (χ3v) is 4.58. The predicted molar refractivity (Wildman–Crippen MR) is 97.9 cm³/mol. The second kappa shape index (κ2) is 7.45. The van der Waals surface area contributed by atoms with Gasteiger partial charge in [0.15, 0.2) is 11.2 Å². The monoisotopic (exact) mass is 388 g/mol. The van der Waals surface area contributed by atoms with Gasteiger partial charge in [-0.05, 0) is 31.0 Å². The summed E-state index contributed by atoms with van der Waals surface area (Å²) in [5.74, 6) is -0.281. The summed E-state index contributed by atoms with van der Waals surface area (Å²) in [6.07, 6.45) is 3.30. The lowest BCUT2D eigenvalue weighted by Crippen LogP contribution is -2.36. The van der Waals surface area contributed by atoms with Crippen LogP contribution in [0.5, 0.6) is 0 Å². The van der Waals surface area contributed by atoms with E-state index in [4.69, 9.17) is 16.3 Å². The molecule has 1 aliphatic heterocycles. The second-order valence-electron chi connectivity index (χ2n) is 6.27. The first-order valence-corrected chi connectivity index (χ1v) is 8.95. The van der Waals surface area contributed by atoms with Crippen molar-refractivity contribution in [2.75, 3.05) is 13.2 Å². The molecule has 0 aliphatic carbocycles. The number of carbonyl (C=O) groups is 1. The maximum atomic E-state index is 12.6. The van der Waals surface area contributed by atoms with E-state index in [-0.39, 0.29) is 24.1 Å². The lowest BCUT2D eigenvalue weighted by Gasteiger charge is -2.11. The van der Waals surface area contributed by atoms with Gasteiger partial charge in [-0.3, -0.25) is 14.2 Å². The molecule has 10 heteroatoms. The molecule has 2 aromatic heterocycles. The van der Waals surface area contributed by atoms with Gasteiger partial charge in [0.1, 0.15) is 12.9 Å². The molecule has 27 heavy (non-hydrogen) atoms. The Labute approximate surface area is 158 Å². The Balaban J connectivity index is 1.54. The van der Waals surface area contributed by atoms with Gasteiger partial charge in [0.05, 0.1) is 11.8 Å². The van der Waals surface area contributed by atoms with Gasteiger partial charge < -0.3 is 10.1 Å². The molecule has 1 amide bonds. The molecule has 0 radical (unpaired) electrons. The number of aromatic nitrogens is 5. The third-order valence-electron chi connectivity index (χ3n) is 4.35. The Bertz CT molecular complexity index is 1040. The summed E-state index contributed by atoms with van der Waals surface area (Å²) in [5.41, 5.74) is 0.604. The van der Waals surface area contributed by atoms with Crippen molar-refractivity contribution in [2.45, 2.75) is 25.5 Å². The Kier molecular flexibility index (Phi) is 4.87. The van der Waals surface area contributed by atoms with Crippen molar-refractivity contribution in [3.8, 4) is 5.69 Å². The smallest absolute Gasteiger partial charge is 0.284 e. The molecule has 9 nitrogen and oxygen atoms in total. The normalized spacial score (nSPS) is 16.7. The van der Waals surface area contributed by atoms with E-state index >= 15 is 0 Å². The molecule has 140 valence electrons. The Morgan fingerprint density at radius 3 is 3.07 bits per heavy atom. The van der Waals surface area contributed by atoms with E-state index in [1.165, 1.54) is 15.6 Å². The molecule has 0 bridgehead atoms. The zero-order chi connectivity index (χ0) is 18.8. The molecule has 1 aromatic carbocycles. The number of amides is 1. The first kappa shape index (κ1) is 17.6. The summed E-state index contributed by atoms with van der Waals surface area (Å²) < 4.78 is 8.11. The highest BCUT2D eigenvalue weighted by atomic mass is 35.5. The minimum atomic E-state index is -0.430. The van der Waals surface area contributed by atoms with Crippen molar-refractivity contribution in [3.05, 3.63) is 46.0 Å². The number of hydrogen-bond acceptors (Lipinski definition) is 6. The highest BCUT2D eigenvalue weighted by Crippen LogP contribution is 2.16. The SMILES string of the molecule is O=C(Cn1cnc2c(nnn2-c2cccc(Cl)c2)c1=O)NC[C@H]1CCCO1. The summed E-state index contributed by atoms with van der Waals surface area (Å²) >= 11 is 6.00. The van der Waals surface area contributed by atoms with Crippen LogP contribution >= 0.6 is 11.6 Å². The molecule has 1 aliphatic rings. The highest BCUT2D eigenvalue weighted by Gasteiger charge is 2.18. The van der Waals surface area contributed by atoms with Crippen LogP contribution in [0.3, 0.4) is 0 Å². The van der Waals surface area contributed by atoms with Crippen LogP contribution in [-0.4, -0.2) is 49.7 Å². The number of nitrogens with one attached hydrogen (secondary N) is 1. The third kappa shape index (κ3) is 3.69. The van der Waals surface area contributed by atoms with Crippen LogP contribution in [0, 0.1) is 0 Å². The Hall–Kier alpha value is -2.78. The van der Waals surface area contributed by atoms with Crippen LogP contribution in [0.2, 0.25) is 5.02 Å². The van der Waals surface area contributed by atoms with E-state index in [9.17, 15) is 9.59 Å². The number of benzene rings is 1. The first-order valence-electron chi connectivity index (χ1n) is 8.57. The number of halogens is 1. The molecule has 3 heterocycles. The molecule has 4 rings (SSSR count). The van der Waals surface area contributed by atoms with Crippen molar-refractivity contribution in [1.82, 2.24) is 29.9 Å². The van der Waals surface area contributed by atoms with Gasteiger partial charge in [0, 0.05) is 18.2 Å². The van der Waals surface area contributed by atoms with Crippen molar-refractivity contribution in [1.29, 1.82) is 0 Å². The Morgan fingerprint density at radius 1 is 1.41 bits per heavy atom. The van der Waals surface area contributed by atoms with Gasteiger partial charge in [0.2, 0.25) is 5.91 Å². The van der Waals surface area contributed by atoms with Crippen molar-refractivity contribution in [3.63, 3.8) is 0 Å². The fourth-order valence-corrected chi connectivity index (χ4v) is 3.17. The van der Waals surface area contributed by atoms with E-state index < -0.39 is 5.56 Å². The summed E-state index contributed by atoms with van der Waals surface area (Å²) in [4.78, 5) is 29.0. The van der Waals surface area contributed by atoms with Crippen molar-refractivity contribution < 1.29 is 9.53 Å². The summed E-state index contributed by atoms with van der Waals surface area (Å²) in [7, 11) is 0. The second-order valence-corrected chi connectivity index (χ2v) is 6.71. The predicted octanol–water partition coefficient (Wildman–Crippen LogP) is 0.926. The van der Waals surface area contributed by atoms with Gasteiger partial charge in [-0.2, -0.15) is 4.68 Å². The molecule has 1 fully saturated rings. The van der Waals surface area contributed by atoms with Gasteiger partial charge in [-0.15, -0.1) is 5.10 Å². The maximum Gasteiger partial charge on any atom is 0.284 e. The number of fused-ring (bicyclic) bond motifs is 1. The van der Waals surface area contributed by atoms with Gasteiger partial charge >= 0.3 is 0 Å². The molecule has 0 unspecified atom stereocenters. The number of ether oxygens (including phenoxy) is 1. The first-order chi connectivity index (χ1) is 13.1.